The smallest absolute Gasteiger partial charge is 0.342 e. The molecule has 0 unspecified atom stereocenters. The van der Waals surface area contributed by atoms with Crippen LogP contribution in [0.2, 0.25) is 0 Å². The minimum Gasteiger partial charge on any atom is -0.478 e. The van der Waals surface area contributed by atoms with Gasteiger partial charge in [0.1, 0.15) is 22.8 Å². The molecule has 1 aromatic heterocycles. The second-order valence-electron chi connectivity index (χ2n) is 4.52. The molecule has 0 bridgehead atoms. The average molecular weight is 306 g/mol. The van der Waals surface area contributed by atoms with E-state index in [9.17, 15) is 29.0 Å². The fraction of sp³-hybridized carbons (Fsp3) is 0.0714. The first kappa shape index (κ1) is 15.2. The van der Waals surface area contributed by atoms with Gasteiger partial charge in [0.25, 0.3) is 5.56 Å². The number of carbonyl (C=O) groups is 2. The van der Waals surface area contributed by atoms with E-state index in [-0.39, 0.29) is 11.1 Å². The van der Waals surface area contributed by atoms with Crippen molar-refractivity contribution in [3.05, 3.63) is 51.1 Å². The Morgan fingerprint density at radius 2 is 1.77 bits per heavy atom. The molecular formula is C14H11FN2O5. The van der Waals surface area contributed by atoms with Gasteiger partial charge in [0.05, 0.1) is 0 Å². The minimum atomic E-state index is -1.64. The van der Waals surface area contributed by atoms with Crippen LogP contribution < -0.4 is 11.3 Å². The molecule has 2 aromatic rings. The van der Waals surface area contributed by atoms with Gasteiger partial charge in [-0.25, -0.2) is 14.0 Å². The number of H-pyrrole nitrogens is 1. The zero-order valence-electron chi connectivity index (χ0n) is 11.3. The van der Waals surface area contributed by atoms with Crippen LogP contribution in [0.25, 0.3) is 11.1 Å². The summed E-state index contributed by atoms with van der Waals surface area (Å²) in [6.45, 7) is 1.35. The Morgan fingerprint density at radius 1 is 1.18 bits per heavy atom. The van der Waals surface area contributed by atoms with E-state index < -0.39 is 45.8 Å². The molecule has 0 saturated heterocycles. The summed E-state index contributed by atoms with van der Waals surface area (Å²) >= 11 is 0. The molecule has 0 fully saturated rings. The summed E-state index contributed by atoms with van der Waals surface area (Å²) in [6.07, 6.45) is 0. The highest BCUT2D eigenvalue weighted by Crippen LogP contribution is 2.32. The van der Waals surface area contributed by atoms with Crippen LogP contribution in [0.5, 0.6) is 0 Å². The number of nitrogens with two attached hydrogens (primary N) is 1. The number of carboxylic acids is 2. The number of aromatic amines is 1. The second kappa shape index (κ2) is 5.32. The number of anilines is 1. The van der Waals surface area contributed by atoms with Gasteiger partial charge >= 0.3 is 11.9 Å². The molecule has 0 aliphatic carbocycles. The molecule has 0 aliphatic heterocycles. The van der Waals surface area contributed by atoms with E-state index in [1.807, 2.05) is 4.98 Å². The molecule has 5 N–H and O–H groups in total. The maximum Gasteiger partial charge on any atom is 0.342 e. The number of pyridine rings is 1. The number of rotatable bonds is 3. The number of nitrogen functional groups attached to an aromatic ring is 1. The van der Waals surface area contributed by atoms with E-state index in [0.29, 0.717) is 0 Å². The molecule has 7 nitrogen and oxygen atoms in total. The summed E-state index contributed by atoms with van der Waals surface area (Å²) in [5.41, 5.74) is 2.61. The normalized spacial score (nSPS) is 10.5. The van der Waals surface area contributed by atoms with Gasteiger partial charge in [0.15, 0.2) is 0 Å². The van der Waals surface area contributed by atoms with Gasteiger partial charge in [0.2, 0.25) is 0 Å². The molecule has 0 amide bonds. The highest BCUT2D eigenvalue weighted by atomic mass is 19.1. The van der Waals surface area contributed by atoms with Gasteiger partial charge in [-0.2, -0.15) is 0 Å². The van der Waals surface area contributed by atoms with Gasteiger partial charge in [-0.1, -0.05) is 12.1 Å². The largest absolute Gasteiger partial charge is 0.478 e. The predicted molar refractivity (Wildman–Crippen MR) is 75.5 cm³/mol. The third-order valence-electron chi connectivity index (χ3n) is 3.21. The highest BCUT2D eigenvalue weighted by Gasteiger charge is 2.27. The van der Waals surface area contributed by atoms with Crippen molar-refractivity contribution in [2.45, 2.75) is 6.92 Å². The molecule has 0 spiro atoms. The van der Waals surface area contributed by atoms with Gasteiger partial charge in [0, 0.05) is 5.56 Å². The highest BCUT2D eigenvalue weighted by molar-refractivity contribution is 6.07. The molecule has 114 valence electrons. The van der Waals surface area contributed by atoms with Crippen molar-refractivity contribution < 1.29 is 24.2 Å². The second-order valence-corrected chi connectivity index (χ2v) is 4.52. The van der Waals surface area contributed by atoms with E-state index in [2.05, 4.69) is 0 Å². The number of halogens is 1. The van der Waals surface area contributed by atoms with E-state index >= 15 is 0 Å². The van der Waals surface area contributed by atoms with E-state index in [4.69, 9.17) is 5.73 Å². The number of aromatic nitrogens is 1. The Hall–Kier alpha value is -3.16. The number of nitrogens with one attached hydrogen (secondary N) is 1. The summed E-state index contributed by atoms with van der Waals surface area (Å²) in [4.78, 5) is 36.6. The maximum atomic E-state index is 13.7. The summed E-state index contributed by atoms with van der Waals surface area (Å²) in [5, 5.41) is 18.5. The molecule has 1 aromatic carbocycles. The average Bonchev–Trinajstić information content (AvgIpc) is 2.39. The van der Waals surface area contributed by atoms with Crippen LogP contribution >= 0.6 is 0 Å². The van der Waals surface area contributed by atoms with Crippen LogP contribution in [0.4, 0.5) is 10.2 Å². The van der Waals surface area contributed by atoms with E-state index in [1.165, 1.54) is 19.1 Å². The molecule has 0 aliphatic rings. The number of benzene rings is 1. The predicted octanol–water partition coefficient (Wildman–Crippen LogP) is 1.47. The number of hydrogen-bond acceptors (Lipinski definition) is 4. The monoisotopic (exact) mass is 306 g/mol. The lowest BCUT2D eigenvalue weighted by Gasteiger charge is -2.14. The van der Waals surface area contributed by atoms with Crippen molar-refractivity contribution in [1.82, 2.24) is 4.98 Å². The first-order valence-corrected chi connectivity index (χ1v) is 6.03. The summed E-state index contributed by atoms with van der Waals surface area (Å²) in [5.74, 6) is -4.33. The van der Waals surface area contributed by atoms with Crippen molar-refractivity contribution in [1.29, 1.82) is 0 Å². The Balaban J connectivity index is 3.06. The van der Waals surface area contributed by atoms with Crippen LogP contribution in [0.15, 0.2) is 23.0 Å². The van der Waals surface area contributed by atoms with Crippen molar-refractivity contribution in [3.8, 4) is 11.1 Å². The van der Waals surface area contributed by atoms with Crippen molar-refractivity contribution in [3.63, 3.8) is 0 Å². The standard InChI is InChI=1S/C14H11FN2O5/c1-5-6(3-2-4-7(5)15)8-9(13(19)20)11(16)17-12(18)10(8)14(21)22/h2-4H,1H3,(H,19,20)(H,21,22)(H3,16,17,18). The van der Waals surface area contributed by atoms with Gasteiger partial charge < -0.3 is 20.9 Å². The Kier molecular flexibility index (Phi) is 3.68. The van der Waals surface area contributed by atoms with E-state index in [0.717, 1.165) is 6.07 Å². The van der Waals surface area contributed by atoms with Crippen LogP contribution in [-0.4, -0.2) is 27.1 Å². The third kappa shape index (κ3) is 2.30. The van der Waals surface area contributed by atoms with Gasteiger partial charge in [-0.05, 0) is 24.1 Å². The molecule has 0 atom stereocenters. The lowest BCUT2D eigenvalue weighted by molar-refractivity contribution is 0.0695. The number of hydrogen-bond donors (Lipinski definition) is 4. The summed E-state index contributed by atoms with van der Waals surface area (Å²) in [6, 6.07) is 3.74. The topological polar surface area (TPSA) is 133 Å². The zero-order valence-corrected chi connectivity index (χ0v) is 11.3. The summed E-state index contributed by atoms with van der Waals surface area (Å²) < 4.78 is 13.7. The van der Waals surface area contributed by atoms with Crippen molar-refractivity contribution in [2.75, 3.05) is 5.73 Å². The molecule has 0 saturated carbocycles. The quantitative estimate of drug-likeness (QED) is 0.678. The SMILES string of the molecule is Cc1c(F)cccc1-c1c(C(=O)O)c(N)[nH]c(=O)c1C(=O)O. The Bertz CT molecular complexity index is 857. The Labute approximate surface area is 122 Å². The molecule has 0 radical (unpaired) electrons. The molecule has 22 heavy (non-hydrogen) atoms. The third-order valence-corrected chi connectivity index (χ3v) is 3.21. The zero-order chi connectivity index (χ0) is 16.6. The lowest BCUT2D eigenvalue weighted by atomic mass is 9.92. The first-order chi connectivity index (χ1) is 10.3. The molecule has 1 heterocycles. The fourth-order valence-electron chi connectivity index (χ4n) is 2.19. The molecular weight excluding hydrogens is 295 g/mol. The fourth-order valence-corrected chi connectivity index (χ4v) is 2.19. The van der Waals surface area contributed by atoms with Crippen LogP contribution in [0.3, 0.4) is 0 Å². The van der Waals surface area contributed by atoms with Crippen LogP contribution in [0, 0.1) is 12.7 Å². The van der Waals surface area contributed by atoms with Gasteiger partial charge in [-0.15, -0.1) is 0 Å². The lowest BCUT2D eigenvalue weighted by Crippen LogP contribution is -2.24. The van der Waals surface area contributed by atoms with Crippen LogP contribution in [0.1, 0.15) is 26.3 Å². The minimum absolute atomic E-state index is 0.0116. The van der Waals surface area contributed by atoms with Crippen molar-refractivity contribution in [2.24, 2.45) is 0 Å². The Morgan fingerprint density at radius 3 is 2.32 bits per heavy atom. The summed E-state index contributed by atoms with van der Waals surface area (Å²) in [7, 11) is 0. The van der Waals surface area contributed by atoms with Crippen molar-refractivity contribution >= 4 is 17.8 Å². The number of carboxylic acid groups (broad SMARTS) is 2. The van der Waals surface area contributed by atoms with Gasteiger partial charge in [-0.3, -0.25) is 4.79 Å². The van der Waals surface area contributed by atoms with Crippen LogP contribution in [-0.2, 0) is 0 Å². The van der Waals surface area contributed by atoms with E-state index in [1.54, 1.807) is 0 Å². The maximum absolute atomic E-state index is 13.7. The number of aromatic carboxylic acids is 2. The molecule has 8 heteroatoms. The molecule has 2 rings (SSSR count). The first-order valence-electron chi connectivity index (χ1n) is 6.03.